The minimum atomic E-state index is -0.0112. The van der Waals surface area contributed by atoms with Gasteiger partial charge in [0.05, 0.1) is 22.3 Å². The first-order valence-corrected chi connectivity index (χ1v) is 10.9. The maximum Gasteiger partial charge on any atom is 0.253 e. The van der Waals surface area contributed by atoms with Crippen molar-refractivity contribution < 1.29 is 9.59 Å². The molecule has 1 fully saturated rings. The Balaban J connectivity index is 1.58. The molecule has 0 saturated carbocycles. The molecule has 1 aromatic carbocycles. The second-order valence-corrected chi connectivity index (χ2v) is 8.54. The lowest BCUT2D eigenvalue weighted by molar-refractivity contribution is -0.123. The summed E-state index contributed by atoms with van der Waals surface area (Å²) in [5.74, 6) is 0.301. The van der Waals surface area contributed by atoms with Crippen molar-refractivity contribution in [1.82, 2.24) is 15.2 Å². The number of benzene rings is 1. The lowest BCUT2D eigenvalue weighted by atomic mass is 9.98. The van der Waals surface area contributed by atoms with Crippen LogP contribution in [-0.4, -0.2) is 41.3 Å². The predicted octanol–water partition coefficient (Wildman–Crippen LogP) is 3.35. The number of piperidine rings is 1. The Morgan fingerprint density at radius 1 is 1.34 bits per heavy atom. The smallest absolute Gasteiger partial charge is 0.253 e. The minimum absolute atomic E-state index is 0.00682. The van der Waals surface area contributed by atoms with E-state index in [0.717, 1.165) is 36.5 Å². The first kappa shape index (κ1) is 21.0. The van der Waals surface area contributed by atoms with Crippen LogP contribution in [0.5, 0.6) is 0 Å². The standard InChI is InChI=1S/C22H26N4O2S/c1-15(2)20(27)24-10-9-19-14-29-21(25-19)18-4-3-11-26(13-18)22(28)17-7-5-16(12-23)6-8-17/h5-8,14-15,18H,3-4,9-11,13H2,1-2H3,(H,24,27)/t18-/m0/s1. The second-order valence-electron chi connectivity index (χ2n) is 7.65. The van der Waals surface area contributed by atoms with Crippen molar-refractivity contribution in [3.8, 4) is 6.07 Å². The average Bonchev–Trinajstić information content (AvgIpc) is 3.22. The fourth-order valence-corrected chi connectivity index (χ4v) is 4.36. The molecule has 0 bridgehead atoms. The van der Waals surface area contributed by atoms with Crippen molar-refractivity contribution in [3.05, 3.63) is 51.5 Å². The summed E-state index contributed by atoms with van der Waals surface area (Å²) in [6.07, 6.45) is 2.69. The quantitative estimate of drug-likeness (QED) is 0.791. The van der Waals surface area contributed by atoms with E-state index in [9.17, 15) is 9.59 Å². The van der Waals surface area contributed by atoms with Gasteiger partial charge in [-0.1, -0.05) is 13.8 Å². The van der Waals surface area contributed by atoms with Crippen LogP contribution in [0.2, 0.25) is 0 Å². The van der Waals surface area contributed by atoms with E-state index in [1.54, 1.807) is 35.6 Å². The lowest BCUT2D eigenvalue weighted by Gasteiger charge is -2.32. The van der Waals surface area contributed by atoms with Gasteiger partial charge in [0.15, 0.2) is 0 Å². The monoisotopic (exact) mass is 410 g/mol. The summed E-state index contributed by atoms with van der Waals surface area (Å²) < 4.78 is 0. The minimum Gasteiger partial charge on any atom is -0.355 e. The fourth-order valence-electron chi connectivity index (χ4n) is 3.38. The number of carbonyl (C=O) groups excluding carboxylic acids is 2. The van der Waals surface area contributed by atoms with Crippen LogP contribution in [0.4, 0.5) is 0 Å². The van der Waals surface area contributed by atoms with Gasteiger partial charge >= 0.3 is 0 Å². The molecule has 29 heavy (non-hydrogen) atoms. The predicted molar refractivity (Wildman–Crippen MR) is 113 cm³/mol. The highest BCUT2D eigenvalue weighted by Crippen LogP contribution is 2.30. The van der Waals surface area contributed by atoms with Gasteiger partial charge in [-0.3, -0.25) is 9.59 Å². The molecule has 1 aliphatic heterocycles. The number of likely N-dealkylation sites (tertiary alicyclic amines) is 1. The summed E-state index contributed by atoms with van der Waals surface area (Å²) >= 11 is 1.64. The van der Waals surface area contributed by atoms with E-state index in [1.165, 1.54) is 0 Å². The molecule has 1 atom stereocenters. The first-order valence-electron chi connectivity index (χ1n) is 9.99. The summed E-state index contributed by atoms with van der Waals surface area (Å²) in [5.41, 5.74) is 2.16. The maximum absolute atomic E-state index is 12.8. The Labute approximate surface area is 175 Å². The molecule has 0 aliphatic carbocycles. The van der Waals surface area contributed by atoms with Crippen LogP contribution in [0.3, 0.4) is 0 Å². The van der Waals surface area contributed by atoms with E-state index in [2.05, 4.69) is 16.8 Å². The zero-order valence-electron chi connectivity index (χ0n) is 16.9. The molecule has 0 radical (unpaired) electrons. The highest BCUT2D eigenvalue weighted by Gasteiger charge is 2.27. The fraction of sp³-hybridized carbons (Fsp3) is 0.455. The molecule has 0 spiro atoms. The van der Waals surface area contributed by atoms with Crippen LogP contribution < -0.4 is 5.32 Å². The molecule has 7 heteroatoms. The normalized spacial score (nSPS) is 16.5. The Hall–Kier alpha value is -2.72. The summed E-state index contributed by atoms with van der Waals surface area (Å²) in [7, 11) is 0. The average molecular weight is 411 g/mol. The van der Waals surface area contributed by atoms with Crippen LogP contribution in [0, 0.1) is 17.2 Å². The number of nitrogens with one attached hydrogen (secondary N) is 1. The van der Waals surface area contributed by atoms with Crippen LogP contribution in [-0.2, 0) is 11.2 Å². The molecule has 2 heterocycles. The Kier molecular flexibility index (Phi) is 6.99. The Morgan fingerprint density at radius 3 is 2.79 bits per heavy atom. The zero-order valence-corrected chi connectivity index (χ0v) is 17.7. The first-order chi connectivity index (χ1) is 14.0. The Morgan fingerprint density at radius 2 is 2.10 bits per heavy atom. The SMILES string of the molecule is CC(C)C(=O)NCCc1csc([C@H]2CCCN(C(=O)c3ccc(C#N)cc3)C2)n1. The molecule has 2 aromatic rings. The summed E-state index contributed by atoms with van der Waals surface area (Å²) in [4.78, 5) is 31.1. The van der Waals surface area contributed by atoms with E-state index in [4.69, 9.17) is 10.2 Å². The molecule has 2 amide bonds. The number of hydrogen-bond donors (Lipinski definition) is 1. The summed E-state index contributed by atoms with van der Waals surface area (Å²) in [6, 6.07) is 8.87. The molecule has 6 nitrogen and oxygen atoms in total. The Bertz CT molecular complexity index is 898. The van der Waals surface area contributed by atoms with Gasteiger partial charge in [-0.25, -0.2) is 4.98 Å². The van der Waals surface area contributed by atoms with Crippen molar-refractivity contribution in [2.24, 2.45) is 5.92 Å². The number of thiazole rings is 1. The molecular formula is C22H26N4O2S. The molecule has 1 N–H and O–H groups in total. The van der Waals surface area contributed by atoms with Gasteiger partial charge in [0.2, 0.25) is 5.91 Å². The van der Waals surface area contributed by atoms with Gasteiger partial charge in [-0.05, 0) is 37.1 Å². The third-order valence-electron chi connectivity index (χ3n) is 5.09. The number of amides is 2. The van der Waals surface area contributed by atoms with Crippen molar-refractivity contribution >= 4 is 23.2 Å². The summed E-state index contributed by atoms with van der Waals surface area (Å²) in [6.45, 7) is 5.76. The van der Waals surface area contributed by atoms with Gasteiger partial charge in [0.1, 0.15) is 0 Å². The topological polar surface area (TPSA) is 86.1 Å². The number of hydrogen-bond acceptors (Lipinski definition) is 5. The third-order valence-corrected chi connectivity index (χ3v) is 6.15. The van der Waals surface area contributed by atoms with E-state index in [1.807, 2.05) is 18.7 Å². The molecule has 152 valence electrons. The highest BCUT2D eigenvalue weighted by molar-refractivity contribution is 7.09. The molecule has 1 aliphatic rings. The number of nitriles is 1. The van der Waals surface area contributed by atoms with Gasteiger partial charge < -0.3 is 10.2 Å². The van der Waals surface area contributed by atoms with Crippen molar-refractivity contribution in [3.63, 3.8) is 0 Å². The van der Waals surface area contributed by atoms with Crippen LogP contribution in [0.15, 0.2) is 29.6 Å². The molecule has 1 aromatic heterocycles. The van der Waals surface area contributed by atoms with Crippen LogP contribution in [0.1, 0.15) is 59.2 Å². The van der Waals surface area contributed by atoms with Gasteiger partial charge in [-0.2, -0.15) is 5.26 Å². The van der Waals surface area contributed by atoms with E-state index in [0.29, 0.717) is 24.2 Å². The van der Waals surface area contributed by atoms with Crippen LogP contribution >= 0.6 is 11.3 Å². The number of rotatable bonds is 6. The highest BCUT2D eigenvalue weighted by atomic mass is 32.1. The van der Waals surface area contributed by atoms with Crippen molar-refractivity contribution in [1.29, 1.82) is 5.26 Å². The third kappa shape index (κ3) is 5.42. The number of aromatic nitrogens is 1. The summed E-state index contributed by atoms with van der Waals surface area (Å²) in [5, 5.41) is 14.9. The largest absolute Gasteiger partial charge is 0.355 e. The maximum atomic E-state index is 12.8. The number of nitrogens with zero attached hydrogens (tertiary/aromatic N) is 3. The zero-order chi connectivity index (χ0) is 20.8. The van der Waals surface area contributed by atoms with Gasteiger partial charge in [0.25, 0.3) is 5.91 Å². The van der Waals surface area contributed by atoms with Gasteiger partial charge in [0, 0.05) is 48.8 Å². The lowest BCUT2D eigenvalue weighted by Crippen LogP contribution is -2.39. The number of carbonyl (C=O) groups is 2. The van der Waals surface area contributed by atoms with Crippen molar-refractivity contribution in [2.45, 2.75) is 39.0 Å². The molecule has 0 unspecified atom stereocenters. The second kappa shape index (κ2) is 9.66. The molecule has 1 saturated heterocycles. The molecule has 3 rings (SSSR count). The van der Waals surface area contributed by atoms with Crippen LogP contribution in [0.25, 0.3) is 0 Å². The molecular weight excluding hydrogens is 384 g/mol. The van der Waals surface area contributed by atoms with E-state index in [-0.39, 0.29) is 23.7 Å². The van der Waals surface area contributed by atoms with Gasteiger partial charge in [-0.15, -0.1) is 11.3 Å². The van der Waals surface area contributed by atoms with E-state index < -0.39 is 0 Å². The van der Waals surface area contributed by atoms with E-state index >= 15 is 0 Å². The van der Waals surface area contributed by atoms with Crippen molar-refractivity contribution in [2.75, 3.05) is 19.6 Å².